The van der Waals surface area contributed by atoms with Crippen LogP contribution < -0.4 is 16.5 Å². The summed E-state index contributed by atoms with van der Waals surface area (Å²) < 4.78 is 0. The van der Waals surface area contributed by atoms with Crippen molar-refractivity contribution in [2.75, 3.05) is 13.2 Å². The summed E-state index contributed by atoms with van der Waals surface area (Å²) in [7, 11) is 0. The molecule has 0 aliphatic carbocycles. The van der Waals surface area contributed by atoms with E-state index in [1.54, 1.807) is 6.92 Å². The number of aliphatic hydroxyl groups excluding tert-OH is 1. The first-order chi connectivity index (χ1) is 4.72. The van der Waals surface area contributed by atoms with E-state index in [2.05, 4.69) is 5.32 Å². The fraction of sp³-hybridized carbons (Fsp3) is 1.00. The summed E-state index contributed by atoms with van der Waals surface area (Å²) in [6.45, 7) is 2.20. The lowest BCUT2D eigenvalue weighted by atomic mass is 10.3. The van der Waals surface area contributed by atoms with Crippen LogP contribution in [0.15, 0.2) is 0 Å². The molecule has 2 atom stereocenters. The first kappa shape index (κ1) is 9.80. The summed E-state index contributed by atoms with van der Waals surface area (Å²) in [5.74, 6) is 0. The Morgan fingerprint density at radius 2 is 2.20 bits per heavy atom. The van der Waals surface area contributed by atoms with Gasteiger partial charge in [0.15, 0.2) is 0 Å². The quantitative estimate of drug-likeness (QED) is 0.235. The largest absolute Gasteiger partial charge is 0.395 e. The van der Waals surface area contributed by atoms with Gasteiger partial charge in [0.1, 0.15) is 0 Å². The molecule has 5 heteroatoms. The molecular weight excluding hydrogens is 134 g/mol. The predicted octanol–water partition coefficient (Wildman–Crippen LogP) is -1.78. The van der Waals surface area contributed by atoms with Gasteiger partial charge in [0.2, 0.25) is 0 Å². The van der Waals surface area contributed by atoms with E-state index < -0.39 is 0 Å². The van der Waals surface area contributed by atoms with Crippen molar-refractivity contribution in [3.05, 3.63) is 0 Å². The fourth-order valence-corrected chi connectivity index (χ4v) is 0.569. The van der Waals surface area contributed by atoms with E-state index in [1.165, 1.54) is 0 Å². The van der Waals surface area contributed by atoms with Crippen LogP contribution in [0.5, 0.6) is 0 Å². The van der Waals surface area contributed by atoms with Gasteiger partial charge in [-0.1, -0.05) is 0 Å². The molecule has 10 heavy (non-hydrogen) atoms. The van der Waals surface area contributed by atoms with Gasteiger partial charge in [-0.2, -0.15) is 5.48 Å². The summed E-state index contributed by atoms with van der Waals surface area (Å²) in [5.41, 5.74) is 7.41. The molecule has 0 heterocycles. The SMILES string of the molecule is CC(N)C(NO)NCCO. The van der Waals surface area contributed by atoms with Crippen molar-refractivity contribution in [1.82, 2.24) is 10.8 Å². The molecule has 6 N–H and O–H groups in total. The maximum atomic E-state index is 8.45. The maximum Gasteiger partial charge on any atom is 0.0960 e. The van der Waals surface area contributed by atoms with Gasteiger partial charge < -0.3 is 16.0 Å². The Bertz CT molecular complexity index is 79.3. The second kappa shape index (κ2) is 5.57. The summed E-state index contributed by atoms with van der Waals surface area (Å²) in [5, 5.41) is 19.6. The Hall–Kier alpha value is -0.200. The predicted molar refractivity (Wildman–Crippen MR) is 37.4 cm³/mol. The van der Waals surface area contributed by atoms with Crippen LogP contribution in [0.1, 0.15) is 6.92 Å². The van der Waals surface area contributed by atoms with Crippen LogP contribution in [0.25, 0.3) is 0 Å². The van der Waals surface area contributed by atoms with Gasteiger partial charge in [-0.15, -0.1) is 0 Å². The zero-order chi connectivity index (χ0) is 7.98. The molecule has 2 unspecified atom stereocenters. The zero-order valence-electron chi connectivity index (χ0n) is 6.04. The van der Waals surface area contributed by atoms with E-state index in [9.17, 15) is 0 Å². The number of hydroxylamine groups is 1. The minimum Gasteiger partial charge on any atom is -0.395 e. The van der Waals surface area contributed by atoms with E-state index in [0.717, 1.165) is 0 Å². The number of hydrogen-bond donors (Lipinski definition) is 5. The molecule has 0 aromatic rings. The molecule has 0 aliphatic rings. The van der Waals surface area contributed by atoms with E-state index in [-0.39, 0.29) is 18.8 Å². The molecule has 0 aromatic heterocycles. The number of rotatable bonds is 5. The van der Waals surface area contributed by atoms with Crippen LogP contribution in [0, 0.1) is 0 Å². The van der Waals surface area contributed by atoms with Crippen LogP contribution >= 0.6 is 0 Å². The van der Waals surface area contributed by atoms with Crippen molar-refractivity contribution < 1.29 is 10.3 Å². The molecule has 0 bridgehead atoms. The van der Waals surface area contributed by atoms with E-state index in [1.807, 2.05) is 5.48 Å². The second-order valence-corrected chi connectivity index (χ2v) is 2.14. The topological polar surface area (TPSA) is 90.5 Å². The Kier molecular flexibility index (Phi) is 5.46. The van der Waals surface area contributed by atoms with E-state index in [4.69, 9.17) is 16.0 Å². The average molecular weight is 149 g/mol. The van der Waals surface area contributed by atoms with Gasteiger partial charge in [-0.3, -0.25) is 5.32 Å². The van der Waals surface area contributed by atoms with Crippen LogP contribution in [0.4, 0.5) is 0 Å². The van der Waals surface area contributed by atoms with Crippen molar-refractivity contribution in [3.63, 3.8) is 0 Å². The molecule has 0 aliphatic heterocycles. The lowest BCUT2D eigenvalue weighted by molar-refractivity contribution is 0.0962. The van der Waals surface area contributed by atoms with E-state index in [0.29, 0.717) is 6.54 Å². The number of nitrogens with two attached hydrogens (primary N) is 1. The Morgan fingerprint density at radius 1 is 1.60 bits per heavy atom. The van der Waals surface area contributed by atoms with Crippen LogP contribution in [0.3, 0.4) is 0 Å². The molecule has 62 valence electrons. The molecule has 0 radical (unpaired) electrons. The number of aliphatic hydroxyl groups is 1. The van der Waals surface area contributed by atoms with Crippen molar-refractivity contribution in [2.45, 2.75) is 19.1 Å². The van der Waals surface area contributed by atoms with Crippen molar-refractivity contribution in [2.24, 2.45) is 5.73 Å². The van der Waals surface area contributed by atoms with Gasteiger partial charge >= 0.3 is 0 Å². The molecule has 0 fully saturated rings. The lowest BCUT2D eigenvalue weighted by Crippen LogP contribution is -2.52. The number of nitrogens with one attached hydrogen (secondary N) is 2. The summed E-state index contributed by atoms with van der Waals surface area (Å²) in [4.78, 5) is 0. The molecule has 0 saturated heterocycles. The monoisotopic (exact) mass is 149 g/mol. The van der Waals surface area contributed by atoms with Crippen LogP contribution in [-0.2, 0) is 0 Å². The van der Waals surface area contributed by atoms with Crippen LogP contribution in [0.2, 0.25) is 0 Å². The Labute approximate surface area is 60.2 Å². The third kappa shape index (κ3) is 3.76. The fourth-order valence-electron chi connectivity index (χ4n) is 0.569. The molecule has 0 saturated carbocycles. The maximum absolute atomic E-state index is 8.45. The molecular formula is C5H15N3O2. The van der Waals surface area contributed by atoms with Gasteiger partial charge in [0.05, 0.1) is 12.8 Å². The number of hydrogen-bond acceptors (Lipinski definition) is 5. The standard InChI is InChI=1S/C5H15N3O2/c1-4(6)5(8-10)7-2-3-9/h4-5,7-10H,2-3,6H2,1H3. The minimum absolute atomic E-state index is 0.0326. The molecule has 0 spiro atoms. The highest BCUT2D eigenvalue weighted by Gasteiger charge is 2.09. The van der Waals surface area contributed by atoms with Gasteiger partial charge in [-0.05, 0) is 6.92 Å². The highest BCUT2D eigenvalue weighted by atomic mass is 16.5. The van der Waals surface area contributed by atoms with Crippen molar-refractivity contribution in [1.29, 1.82) is 0 Å². The summed E-state index contributed by atoms with van der Waals surface area (Å²) in [6.07, 6.45) is -0.354. The molecule has 0 rings (SSSR count). The molecule has 0 amide bonds. The van der Waals surface area contributed by atoms with Crippen molar-refractivity contribution >= 4 is 0 Å². The Balaban J connectivity index is 3.40. The first-order valence-corrected chi connectivity index (χ1v) is 3.21. The van der Waals surface area contributed by atoms with Gasteiger partial charge in [-0.25, -0.2) is 0 Å². The van der Waals surface area contributed by atoms with Crippen molar-refractivity contribution in [3.8, 4) is 0 Å². The lowest BCUT2D eigenvalue weighted by Gasteiger charge is -2.19. The normalized spacial score (nSPS) is 16.8. The molecule has 5 nitrogen and oxygen atoms in total. The summed E-state index contributed by atoms with van der Waals surface area (Å²) >= 11 is 0. The zero-order valence-corrected chi connectivity index (χ0v) is 6.04. The minimum atomic E-state index is -0.354. The third-order valence-electron chi connectivity index (χ3n) is 1.14. The van der Waals surface area contributed by atoms with Crippen LogP contribution in [-0.4, -0.2) is 35.7 Å². The smallest absolute Gasteiger partial charge is 0.0960 e. The third-order valence-corrected chi connectivity index (χ3v) is 1.14. The van der Waals surface area contributed by atoms with Gasteiger partial charge in [0, 0.05) is 12.6 Å². The average Bonchev–Trinajstić information content (AvgIpc) is 1.89. The first-order valence-electron chi connectivity index (χ1n) is 3.21. The Morgan fingerprint density at radius 3 is 2.50 bits per heavy atom. The second-order valence-electron chi connectivity index (χ2n) is 2.14. The summed E-state index contributed by atoms with van der Waals surface area (Å²) in [6, 6.07) is -0.198. The van der Waals surface area contributed by atoms with Gasteiger partial charge in [0.25, 0.3) is 0 Å². The van der Waals surface area contributed by atoms with E-state index >= 15 is 0 Å². The highest BCUT2D eigenvalue weighted by Crippen LogP contribution is 1.81. The molecule has 0 aromatic carbocycles. The highest BCUT2D eigenvalue weighted by molar-refractivity contribution is 4.68.